The van der Waals surface area contributed by atoms with Crippen molar-refractivity contribution in [1.29, 1.82) is 0 Å². The van der Waals surface area contributed by atoms with Gasteiger partial charge in [0.25, 0.3) is 0 Å². The molecule has 1 heteroatoms. The number of fused-ring (bicyclic) bond motifs is 3. The molecule has 0 unspecified atom stereocenters. The van der Waals surface area contributed by atoms with Gasteiger partial charge in [-0.05, 0) is 28.7 Å². The van der Waals surface area contributed by atoms with Gasteiger partial charge in [-0.1, -0.05) is 55.5 Å². The molecular formula is C15H14Li+. The van der Waals surface area contributed by atoms with Crippen LogP contribution in [0.3, 0.4) is 0 Å². The molecule has 0 bridgehead atoms. The molecule has 0 saturated heterocycles. The summed E-state index contributed by atoms with van der Waals surface area (Å²) in [5.41, 5.74) is 5.86. The van der Waals surface area contributed by atoms with E-state index in [9.17, 15) is 0 Å². The van der Waals surface area contributed by atoms with Crippen molar-refractivity contribution in [2.24, 2.45) is 0 Å². The van der Waals surface area contributed by atoms with Gasteiger partial charge < -0.3 is 0 Å². The molecule has 0 amide bonds. The van der Waals surface area contributed by atoms with Gasteiger partial charge in [-0.2, -0.15) is 0 Å². The van der Waals surface area contributed by atoms with Gasteiger partial charge in [-0.3, -0.25) is 0 Å². The Hall–Kier alpha value is -0.963. The maximum atomic E-state index is 2.27. The fraction of sp³-hybridized carbons (Fsp3) is 0.200. The number of benzene rings is 2. The summed E-state index contributed by atoms with van der Waals surface area (Å²) in [7, 11) is 0. The zero-order chi connectivity index (χ0) is 10.3. The average Bonchev–Trinajstić information content (AvgIpc) is 2.63. The van der Waals surface area contributed by atoms with Crippen LogP contribution >= 0.6 is 0 Å². The normalized spacial score (nSPS) is 12.8. The molecule has 74 valence electrons. The van der Waals surface area contributed by atoms with E-state index in [2.05, 4.69) is 55.5 Å². The third-order valence-corrected chi connectivity index (χ3v) is 3.37. The first kappa shape index (κ1) is 11.5. The van der Waals surface area contributed by atoms with Gasteiger partial charge in [-0.25, -0.2) is 0 Å². The Bertz CT molecular complexity index is 457. The van der Waals surface area contributed by atoms with Crippen LogP contribution in [0, 0.1) is 0 Å². The first-order valence-electron chi connectivity index (χ1n) is 5.60. The zero-order valence-corrected chi connectivity index (χ0v) is 9.90. The van der Waals surface area contributed by atoms with Crippen molar-refractivity contribution in [2.45, 2.75) is 19.3 Å². The van der Waals surface area contributed by atoms with E-state index < -0.39 is 0 Å². The Morgan fingerprint density at radius 1 is 0.812 bits per heavy atom. The van der Waals surface area contributed by atoms with Crippen LogP contribution in [0.2, 0.25) is 0 Å². The number of hydrogen-bond acceptors (Lipinski definition) is 0. The minimum absolute atomic E-state index is 0. The predicted octanol–water partition coefficient (Wildman–Crippen LogP) is 1.21. The second-order valence-electron chi connectivity index (χ2n) is 4.14. The molecule has 0 spiro atoms. The summed E-state index contributed by atoms with van der Waals surface area (Å²) in [6, 6.07) is 17.6. The first-order chi connectivity index (χ1) is 7.42. The Balaban J connectivity index is 0.000000963. The van der Waals surface area contributed by atoms with Crippen molar-refractivity contribution in [3.8, 4) is 11.1 Å². The molecule has 16 heavy (non-hydrogen) atoms. The van der Waals surface area contributed by atoms with E-state index in [-0.39, 0.29) is 18.9 Å². The van der Waals surface area contributed by atoms with Crippen molar-refractivity contribution in [1.82, 2.24) is 0 Å². The van der Waals surface area contributed by atoms with Crippen molar-refractivity contribution in [3.63, 3.8) is 0 Å². The molecule has 1 aliphatic rings. The molecule has 0 fully saturated rings. The van der Waals surface area contributed by atoms with Crippen LogP contribution in [0.15, 0.2) is 48.5 Å². The summed E-state index contributed by atoms with van der Waals surface area (Å²) < 4.78 is 0. The van der Waals surface area contributed by atoms with Crippen molar-refractivity contribution in [3.05, 3.63) is 59.7 Å². The van der Waals surface area contributed by atoms with E-state index in [1.54, 1.807) is 0 Å². The van der Waals surface area contributed by atoms with Crippen LogP contribution in [0.4, 0.5) is 0 Å². The van der Waals surface area contributed by atoms with Crippen LogP contribution in [0.1, 0.15) is 30.4 Å². The minimum atomic E-state index is 0. The van der Waals surface area contributed by atoms with Crippen LogP contribution in [-0.4, -0.2) is 0 Å². The fourth-order valence-corrected chi connectivity index (χ4v) is 2.70. The van der Waals surface area contributed by atoms with E-state index in [1.165, 1.54) is 28.7 Å². The Morgan fingerprint density at radius 2 is 1.25 bits per heavy atom. The van der Waals surface area contributed by atoms with Crippen LogP contribution in [0.5, 0.6) is 0 Å². The van der Waals surface area contributed by atoms with Crippen LogP contribution in [0.25, 0.3) is 11.1 Å². The van der Waals surface area contributed by atoms with Gasteiger partial charge in [0, 0.05) is 5.92 Å². The largest absolute Gasteiger partial charge is 1.00 e. The van der Waals surface area contributed by atoms with E-state index in [4.69, 9.17) is 0 Å². The van der Waals surface area contributed by atoms with Gasteiger partial charge in [0.2, 0.25) is 0 Å². The summed E-state index contributed by atoms with van der Waals surface area (Å²) in [6.45, 7) is 2.27. The molecule has 0 heterocycles. The van der Waals surface area contributed by atoms with Crippen molar-refractivity contribution in [2.75, 3.05) is 0 Å². The van der Waals surface area contributed by atoms with Gasteiger partial charge in [0.05, 0.1) is 0 Å². The summed E-state index contributed by atoms with van der Waals surface area (Å²) in [5, 5.41) is 0. The quantitative estimate of drug-likeness (QED) is 0.608. The molecule has 0 aromatic heterocycles. The fourth-order valence-electron chi connectivity index (χ4n) is 2.70. The second-order valence-corrected chi connectivity index (χ2v) is 4.14. The van der Waals surface area contributed by atoms with Crippen LogP contribution < -0.4 is 18.9 Å². The summed E-state index contributed by atoms with van der Waals surface area (Å²) in [4.78, 5) is 0. The molecule has 0 aliphatic heterocycles. The molecule has 0 nitrogen and oxygen atoms in total. The van der Waals surface area contributed by atoms with E-state index in [1.807, 2.05) is 0 Å². The molecular weight excluding hydrogens is 187 g/mol. The molecule has 3 rings (SSSR count). The maximum Gasteiger partial charge on any atom is 1.00 e. The summed E-state index contributed by atoms with van der Waals surface area (Å²) in [5.74, 6) is 0.609. The Morgan fingerprint density at radius 3 is 1.69 bits per heavy atom. The molecule has 0 saturated carbocycles. The minimum Gasteiger partial charge on any atom is -0.0645 e. The third-order valence-electron chi connectivity index (χ3n) is 3.37. The molecule has 0 atom stereocenters. The number of hydrogen-bond donors (Lipinski definition) is 0. The summed E-state index contributed by atoms with van der Waals surface area (Å²) >= 11 is 0. The van der Waals surface area contributed by atoms with E-state index >= 15 is 0 Å². The monoisotopic (exact) mass is 201 g/mol. The van der Waals surface area contributed by atoms with Gasteiger partial charge in [0.15, 0.2) is 0 Å². The SMILES string of the molecule is CCC1c2ccccc2-c2ccccc21.[Li+]. The van der Waals surface area contributed by atoms with Crippen molar-refractivity contribution >= 4 is 0 Å². The van der Waals surface area contributed by atoms with Crippen LogP contribution in [-0.2, 0) is 0 Å². The van der Waals surface area contributed by atoms with Gasteiger partial charge in [0.1, 0.15) is 0 Å². The predicted molar refractivity (Wildman–Crippen MR) is 64.0 cm³/mol. The first-order valence-corrected chi connectivity index (χ1v) is 5.60. The second kappa shape index (κ2) is 4.50. The average molecular weight is 201 g/mol. The standard InChI is InChI=1S/C15H14.Li/c1-2-11-12-7-3-5-9-14(12)15-10-6-4-8-13(11)15;/h3-11H,2H2,1H3;/q;+1. The molecule has 2 aromatic rings. The topological polar surface area (TPSA) is 0 Å². The smallest absolute Gasteiger partial charge is 0.0645 e. The van der Waals surface area contributed by atoms with E-state index in [0.717, 1.165) is 0 Å². The molecule has 0 radical (unpaired) electrons. The number of rotatable bonds is 1. The molecule has 0 N–H and O–H groups in total. The zero-order valence-electron chi connectivity index (χ0n) is 9.90. The molecule has 1 aliphatic carbocycles. The Kier molecular flexibility index (Phi) is 3.24. The maximum absolute atomic E-state index is 2.27. The third kappa shape index (κ3) is 1.54. The van der Waals surface area contributed by atoms with Crippen molar-refractivity contribution < 1.29 is 18.9 Å². The summed E-state index contributed by atoms with van der Waals surface area (Å²) in [6.07, 6.45) is 1.19. The van der Waals surface area contributed by atoms with Gasteiger partial charge >= 0.3 is 18.9 Å². The molecule has 2 aromatic carbocycles. The van der Waals surface area contributed by atoms with Gasteiger partial charge in [-0.15, -0.1) is 0 Å². The Labute approximate surface area is 109 Å². The van der Waals surface area contributed by atoms with E-state index in [0.29, 0.717) is 5.92 Å².